The normalized spacial score (nSPS) is 13.2. The van der Waals surface area contributed by atoms with Crippen LogP contribution in [0.2, 0.25) is 5.02 Å². The number of carbonyl (C=O) groups is 1. The molecule has 0 amide bonds. The van der Waals surface area contributed by atoms with Crippen LogP contribution >= 0.6 is 11.6 Å². The maximum Gasteiger partial charge on any atom is 0.380 e. The maximum absolute atomic E-state index is 13.5. The van der Waals surface area contributed by atoms with Crippen LogP contribution in [0, 0.1) is 5.82 Å². The minimum Gasteiger partial charge on any atom is -0.461 e. The summed E-state index contributed by atoms with van der Waals surface area (Å²) in [5.74, 6) is -7.37. The van der Waals surface area contributed by atoms with E-state index in [0.29, 0.717) is 0 Å². The fourth-order valence-electron chi connectivity index (χ4n) is 1.27. The summed E-state index contributed by atoms with van der Waals surface area (Å²) in [7, 11) is 0. The van der Waals surface area contributed by atoms with Crippen LogP contribution < -0.4 is 0 Å². The maximum atomic E-state index is 13.5. The Morgan fingerprint density at radius 2 is 2.17 bits per heavy atom. The van der Waals surface area contributed by atoms with Crippen molar-refractivity contribution in [1.29, 1.82) is 0 Å². The van der Waals surface area contributed by atoms with E-state index in [2.05, 4.69) is 4.74 Å². The van der Waals surface area contributed by atoms with Crippen LogP contribution in [0.3, 0.4) is 0 Å². The minimum absolute atomic E-state index is 0.279. The summed E-state index contributed by atoms with van der Waals surface area (Å²) in [6.07, 6.45) is -2.66. The highest BCUT2D eigenvalue weighted by molar-refractivity contribution is 6.30. The highest BCUT2D eigenvalue weighted by atomic mass is 35.5. The fourth-order valence-corrected chi connectivity index (χ4v) is 1.45. The Kier molecular flexibility index (Phi) is 4.59. The van der Waals surface area contributed by atoms with E-state index in [0.717, 1.165) is 12.1 Å². The predicted octanol–water partition coefficient (Wildman–Crippen LogP) is 2.71. The molecule has 1 atom stereocenters. The molecule has 1 N–H and O–H groups in total. The van der Waals surface area contributed by atoms with Crippen molar-refractivity contribution in [3.05, 3.63) is 34.6 Å². The molecular weight excluding hydrogens is 273 g/mol. The van der Waals surface area contributed by atoms with Crippen molar-refractivity contribution in [2.75, 3.05) is 6.61 Å². The van der Waals surface area contributed by atoms with E-state index in [1.54, 1.807) is 0 Å². The Hall–Kier alpha value is -1.27. The van der Waals surface area contributed by atoms with Gasteiger partial charge in [0.15, 0.2) is 6.10 Å². The summed E-state index contributed by atoms with van der Waals surface area (Å²) in [6, 6.07) is 3.24. The van der Waals surface area contributed by atoms with Crippen molar-refractivity contribution in [3.63, 3.8) is 0 Å². The lowest BCUT2D eigenvalue weighted by molar-refractivity contribution is -0.189. The molecule has 18 heavy (non-hydrogen) atoms. The topological polar surface area (TPSA) is 46.5 Å². The molecule has 1 unspecified atom stereocenters. The van der Waals surface area contributed by atoms with E-state index >= 15 is 0 Å². The molecule has 0 fully saturated rings. The van der Waals surface area contributed by atoms with Gasteiger partial charge < -0.3 is 9.84 Å². The molecule has 0 heterocycles. The molecule has 0 aliphatic rings. The highest BCUT2D eigenvalue weighted by Crippen LogP contribution is 2.35. The minimum atomic E-state index is -4.25. The molecule has 1 aromatic carbocycles. The number of halogens is 4. The standard InChI is InChI=1S/C11H10ClF3O3/c1-2-18-10(17)11(14,15)9(16)6-4-3-5-7(12)8(6)13/h3-5,9,16H,2H2,1H3. The number of aliphatic hydroxyl groups excluding tert-OH is 1. The number of rotatable bonds is 4. The van der Waals surface area contributed by atoms with Crippen LogP contribution in [0.15, 0.2) is 18.2 Å². The summed E-state index contributed by atoms with van der Waals surface area (Å²) < 4.78 is 44.5. The third-order valence-corrected chi connectivity index (χ3v) is 2.46. The van der Waals surface area contributed by atoms with E-state index in [4.69, 9.17) is 11.6 Å². The highest BCUT2D eigenvalue weighted by Gasteiger charge is 2.50. The van der Waals surface area contributed by atoms with E-state index in [9.17, 15) is 23.1 Å². The van der Waals surface area contributed by atoms with Gasteiger partial charge in [0.2, 0.25) is 0 Å². The van der Waals surface area contributed by atoms with E-state index in [1.807, 2.05) is 0 Å². The third kappa shape index (κ3) is 2.76. The van der Waals surface area contributed by atoms with Crippen LogP contribution in [-0.2, 0) is 9.53 Å². The molecule has 3 nitrogen and oxygen atoms in total. The Balaban J connectivity index is 3.09. The molecule has 1 rings (SSSR count). The number of benzene rings is 1. The van der Waals surface area contributed by atoms with Crippen LogP contribution in [0.5, 0.6) is 0 Å². The Bertz CT molecular complexity index is 451. The van der Waals surface area contributed by atoms with Crippen molar-refractivity contribution in [2.24, 2.45) is 0 Å². The summed E-state index contributed by atoms with van der Waals surface area (Å²) in [6.45, 7) is 1.06. The summed E-state index contributed by atoms with van der Waals surface area (Å²) in [4.78, 5) is 11.0. The Morgan fingerprint density at radius 1 is 1.56 bits per heavy atom. The van der Waals surface area contributed by atoms with Gasteiger partial charge >= 0.3 is 11.9 Å². The number of alkyl halides is 2. The zero-order valence-electron chi connectivity index (χ0n) is 9.29. The van der Waals surface area contributed by atoms with Crippen LogP contribution in [-0.4, -0.2) is 23.6 Å². The number of carbonyl (C=O) groups excluding carboxylic acids is 1. The second-order valence-electron chi connectivity index (χ2n) is 3.39. The molecule has 100 valence electrons. The first-order valence-corrected chi connectivity index (χ1v) is 5.37. The fraction of sp³-hybridized carbons (Fsp3) is 0.364. The number of hydrogen-bond donors (Lipinski definition) is 1. The average Bonchev–Trinajstić information content (AvgIpc) is 2.32. The number of esters is 1. The van der Waals surface area contributed by atoms with Gasteiger partial charge in [0.1, 0.15) is 5.82 Å². The van der Waals surface area contributed by atoms with Gasteiger partial charge in [-0.2, -0.15) is 8.78 Å². The Labute approximate surface area is 106 Å². The second-order valence-corrected chi connectivity index (χ2v) is 3.80. The lowest BCUT2D eigenvalue weighted by Crippen LogP contribution is -2.37. The van der Waals surface area contributed by atoms with Gasteiger partial charge in [-0.1, -0.05) is 23.7 Å². The van der Waals surface area contributed by atoms with Crippen molar-refractivity contribution in [3.8, 4) is 0 Å². The van der Waals surface area contributed by atoms with Crippen molar-refractivity contribution >= 4 is 17.6 Å². The molecule has 0 radical (unpaired) electrons. The average molecular weight is 283 g/mol. The quantitative estimate of drug-likeness (QED) is 0.864. The van der Waals surface area contributed by atoms with Gasteiger partial charge in [-0.3, -0.25) is 0 Å². The van der Waals surface area contributed by atoms with E-state index in [1.165, 1.54) is 13.0 Å². The second kappa shape index (κ2) is 5.58. The third-order valence-electron chi connectivity index (χ3n) is 2.17. The molecule has 0 saturated heterocycles. The van der Waals surface area contributed by atoms with Gasteiger partial charge in [0, 0.05) is 5.56 Å². The van der Waals surface area contributed by atoms with Gasteiger partial charge in [-0.05, 0) is 13.0 Å². The largest absolute Gasteiger partial charge is 0.461 e. The number of ether oxygens (including phenoxy) is 1. The first-order valence-electron chi connectivity index (χ1n) is 4.99. The lowest BCUT2D eigenvalue weighted by atomic mass is 10.0. The Morgan fingerprint density at radius 3 is 2.72 bits per heavy atom. The molecule has 1 aromatic rings. The van der Waals surface area contributed by atoms with Crippen LogP contribution in [0.25, 0.3) is 0 Å². The molecule has 0 aromatic heterocycles. The van der Waals surface area contributed by atoms with Gasteiger partial charge in [-0.15, -0.1) is 0 Å². The van der Waals surface area contributed by atoms with Crippen molar-refractivity contribution < 1.29 is 27.8 Å². The summed E-state index contributed by atoms with van der Waals surface area (Å²) in [5, 5.41) is 8.98. The predicted molar refractivity (Wildman–Crippen MR) is 57.9 cm³/mol. The molecular formula is C11H10ClF3O3. The van der Waals surface area contributed by atoms with E-state index < -0.39 is 34.4 Å². The first kappa shape index (κ1) is 14.8. The van der Waals surface area contributed by atoms with Gasteiger partial charge in [0.05, 0.1) is 11.6 Å². The van der Waals surface area contributed by atoms with Crippen LogP contribution in [0.1, 0.15) is 18.6 Å². The number of aliphatic hydroxyl groups is 1. The van der Waals surface area contributed by atoms with Gasteiger partial charge in [-0.25, -0.2) is 9.18 Å². The SMILES string of the molecule is CCOC(=O)C(F)(F)C(O)c1cccc(Cl)c1F. The molecule has 0 spiro atoms. The molecule has 7 heteroatoms. The molecule has 0 aliphatic heterocycles. The molecule has 0 saturated carbocycles. The van der Waals surface area contributed by atoms with Crippen LogP contribution in [0.4, 0.5) is 13.2 Å². The van der Waals surface area contributed by atoms with Crippen molar-refractivity contribution in [1.82, 2.24) is 0 Å². The summed E-state index contributed by atoms with van der Waals surface area (Å²) in [5.41, 5.74) is -0.763. The summed E-state index contributed by atoms with van der Waals surface area (Å²) >= 11 is 5.40. The van der Waals surface area contributed by atoms with E-state index in [-0.39, 0.29) is 6.61 Å². The molecule has 0 aliphatic carbocycles. The monoisotopic (exact) mass is 282 g/mol. The zero-order chi connectivity index (χ0) is 13.9. The number of hydrogen-bond acceptors (Lipinski definition) is 3. The smallest absolute Gasteiger partial charge is 0.380 e. The van der Waals surface area contributed by atoms with Crippen molar-refractivity contribution in [2.45, 2.75) is 19.0 Å². The first-order chi connectivity index (χ1) is 8.32. The zero-order valence-corrected chi connectivity index (χ0v) is 10.0. The lowest BCUT2D eigenvalue weighted by Gasteiger charge is -2.21. The van der Waals surface area contributed by atoms with Gasteiger partial charge in [0.25, 0.3) is 0 Å². The molecule has 0 bridgehead atoms.